The Morgan fingerprint density at radius 1 is 1.24 bits per heavy atom. The van der Waals surface area contributed by atoms with Crippen LogP contribution in [0.4, 0.5) is 0 Å². The van der Waals surface area contributed by atoms with Gasteiger partial charge in [0.05, 0.1) is 6.54 Å². The summed E-state index contributed by atoms with van der Waals surface area (Å²) in [7, 11) is 0. The lowest BCUT2D eigenvalue weighted by Gasteiger charge is -2.46. The fourth-order valence-electron chi connectivity index (χ4n) is 3.44. The first kappa shape index (κ1) is 14.2. The average molecular weight is 290 g/mol. The van der Waals surface area contributed by atoms with Gasteiger partial charge in [-0.1, -0.05) is 6.92 Å². The highest BCUT2D eigenvalue weighted by molar-refractivity contribution is 5.97. The van der Waals surface area contributed by atoms with E-state index in [1.165, 1.54) is 0 Å². The summed E-state index contributed by atoms with van der Waals surface area (Å²) >= 11 is 0. The Morgan fingerprint density at radius 3 is 2.71 bits per heavy atom. The monoisotopic (exact) mass is 290 g/mol. The van der Waals surface area contributed by atoms with Crippen LogP contribution < -0.4 is 0 Å². The van der Waals surface area contributed by atoms with Crippen LogP contribution >= 0.6 is 0 Å². The van der Waals surface area contributed by atoms with Gasteiger partial charge in [0.15, 0.2) is 0 Å². The van der Waals surface area contributed by atoms with Gasteiger partial charge in [0.1, 0.15) is 23.6 Å². The minimum atomic E-state index is -0.350. The van der Waals surface area contributed by atoms with Crippen molar-refractivity contribution in [2.45, 2.75) is 58.2 Å². The molecule has 0 aliphatic carbocycles. The minimum Gasteiger partial charge on any atom is -0.464 e. The van der Waals surface area contributed by atoms with Gasteiger partial charge in [-0.05, 0) is 44.7 Å². The van der Waals surface area contributed by atoms with Crippen LogP contribution in [0.15, 0.2) is 16.5 Å². The predicted molar refractivity (Wildman–Crippen MR) is 77.4 cm³/mol. The summed E-state index contributed by atoms with van der Waals surface area (Å²) in [5.41, 5.74) is 0. The van der Waals surface area contributed by atoms with E-state index < -0.39 is 0 Å². The summed E-state index contributed by atoms with van der Waals surface area (Å²) in [6, 6.07) is 3.16. The van der Waals surface area contributed by atoms with Gasteiger partial charge in [-0.25, -0.2) is 0 Å². The first-order chi connectivity index (χ1) is 10.1. The summed E-state index contributed by atoms with van der Waals surface area (Å²) in [6.07, 6.45) is 3.45. The fraction of sp³-hybridized carbons (Fsp3) is 0.625. The largest absolute Gasteiger partial charge is 0.464 e. The van der Waals surface area contributed by atoms with Crippen LogP contribution in [0.1, 0.15) is 44.1 Å². The Hall–Kier alpha value is -1.78. The molecule has 5 heteroatoms. The molecule has 2 saturated heterocycles. The van der Waals surface area contributed by atoms with Gasteiger partial charge in [-0.3, -0.25) is 9.59 Å². The van der Waals surface area contributed by atoms with Crippen LogP contribution in [0.25, 0.3) is 0 Å². The molecule has 5 nitrogen and oxygen atoms in total. The zero-order chi connectivity index (χ0) is 15.0. The van der Waals surface area contributed by atoms with E-state index in [4.69, 9.17) is 4.42 Å². The van der Waals surface area contributed by atoms with Gasteiger partial charge in [0.2, 0.25) is 11.8 Å². The smallest absolute Gasteiger partial charge is 0.246 e. The lowest BCUT2D eigenvalue weighted by atomic mass is 9.94. The summed E-state index contributed by atoms with van der Waals surface area (Å²) in [6.45, 7) is 4.95. The molecule has 114 valence electrons. The zero-order valence-corrected chi connectivity index (χ0v) is 12.7. The first-order valence-corrected chi connectivity index (χ1v) is 7.78. The number of amides is 2. The van der Waals surface area contributed by atoms with Gasteiger partial charge >= 0.3 is 0 Å². The van der Waals surface area contributed by atoms with Gasteiger partial charge in [0.25, 0.3) is 0 Å². The van der Waals surface area contributed by atoms with E-state index in [9.17, 15) is 9.59 Å². The van der Waals surface area contributed by atoms with E-state index in [1.807, 2.05) is 26.0 Å². The second-order valence-corrected chi connectivity index (χ2v) is 5.95. The fourth-order valence-corrected chi connectivity index (χ4v) is 3.44. The van der Waals surface area contributed by atoms with E-state index in [-0.39, 0.29) is 23.9 Å². The van der Waals surface area contributed by atoms with Gasteiger partial charge < -0.3 is 14.2 Å². The van der Waals surface area contributed by atoms with Crippen LogP contribution in [-0.4, -0.2) is 40.2 Å². The Balaban J connectivity index is 1.86. The molecule has 1 aromatic heterocycles. The van der Waals surface area contributed by atoms with Crippen LogP contribution in [0.2, 0.25) is 0 Å². The van der Waals surface area contributed by atoms with E-state index in [0.29, 0.717) is 13.0 Å². The highest BCUT2D eigenvalue weighted by Gasteiger charge is 2.45. The second kappa shape index (κ2) is 5.54. The third kappa shape index (κ3) is 2.45. The molecule has 2 amide bonds. The lowest BCUT2D eigenvalue weighted by molar-refractivity contribution is -0.164. The summed E-state index contributed by atoms with van der Waals surface area (Å²) in [5.74, 6) is 1.75. The lowest BCUT2D eigenvalue weighted by Crippen LogP contribution is -2.65. The van der Waals surface area contributed by atoms with Crippen LogP contribution in [0.5, 0.6) is 0 Å². The number of fused-ring (bicyclic) bond motifs is 1. The van der Waals surface area contributed by atoms with Crippen LogP contribution in [0.3, 0.4) is 0 Å². The maximum atomic E-state index is 12.8. The molecule has 3 heterocycles. The SMILES string of the molecule is CCC1C(=O)N2CCCCC2C(=O)N1Cc1ccc(C)o1. The highest BCUT2D eigenvalue weighted by Crippen LogP contribution is 2.28. The van der Waals surface area contributed by atoms with Crippen molar-refractivity contribution >= 4 is 11.8 Å². The van der Waals surface area contributed by atoms with Crippen molar-refractivity contribution in [1.82, 2.24) is 9.80 Å². The van der Waals surface area contributed by atoms with E-state index >= 15 is 0 Å². The number of aryl methyl sites for hydroxylation is 1. The normalized spacial score (nSPS) is 26.2. The number of furan rings is 1. The quantitative estimate of drug-likeness (QED) is 0.856. The molecule has 0 aromatic carbocycles. The molecule has 21 heavy (non-hydrogen) atoms. The number of rotatable bonds is 3. The predicted octanol–water partition coefficient (Wildman–Crippen LogP) is 2.09. The maximum absolute atomic E-state index is 12.8. The van der Waals surface area contributed by atoms with Crippen molar-refractivity contribution in [3.8, 4) is 0 Å². The molecule has 2 fully saturated rings. The molecule has 2 aliphatic rings. The van der Waals surface area contributed by atoms with Crippen LogP contribution in [-0.2, 0) is 16.1 Å². The topological polar surface area (TPSA) is 53.8 Å². The standard InChI is InChI=1S/C16H22N2O3/c1-3-13-15(19)17-9-5-4-6-14(17)16(20)18(13)10-12-8-7-11(2)21-12/h7-8,13-14H,3-6,9-10H2,1-2H3. The molecule has 2 atom stereocenters. The molecule has 0 saturated carbocycles. The van der Waals surface area contributed by atoms with Crippen molar-refractivity contribution in [2.24, 2.45) is 0 Å². The molecular weight excluding hydrogens is 268 g/mol. The van der Waals surface area contributed by atoms with Crippen molar-refractivity contribution in [2.75, 3.05) is 6.54 Å². The van der Waals surface area contributed by atoms with Gasteiger partial charge in [0, 0.05) is 6.54 Å². The Labute approximate surface area is 124 Å². The van der Waals surface area contributed by atoms with E-state index in [0.717, 1.165) is 37.3 Å². The molecule has 2 unspecified atom stereocenters. The molecular formula is C16H22N2O3. The highest BCUT2D eigenvalue weighted by atomic mass is 16.3. The zero-order valence-electron chi connectivity index (χ0n) is 12.7. The minimum absolute atomic E-state index is 0.0789. The molecule has 2 aliphatic heterocycles. The second-order valence-electron chi connectivity index (χ2n) is 5.95. The Morgan fingerprint density at radius 2 is 2.05 bits per heavy atom. The third-order valence-corrected chi connectivity index (χ3v) is 4.52. The van der Waals surface area contributed by atoms with Gasteiger partial charge in [-0.2, -0.15) is 0 Å². The molecule has 0 radical (unpaired) electrons. The van der Waals surface area contributed by atoms with Crippen LogP contribution in [0, 0.1) is 6.92 Å². The molecule has 0 bridgehead atoms. The van der Waals surface area contributed by atoms with Crippen molar-refractivity contribution in [3.63, 3.8) is 0 Å². The molecule has 1 aromatic rings. The number of piperidine rings is 1. The number of carbonyl (C=O) groups is 2. The number of hydrogen-bond donors (Lipinski definition) is 0. The Kier molecular flexibility index (Phi) is 3.74. The number of hydrogen-bond acceptors (Lipinski definition) is 3. The van der Waals surface area contributed by atoms with E-state index in [1.54, 1.807) is 9.80 Å². The third-order valence-electron chi connectivity index (χ3n) is 4.52. The number of carbonyl (C=O) groups excluding carboxylic acids is 2. The van der Waals surface area contributed by atoms with Crippen molar-refractivity contribution in [3.05, 3.63) is 23.7 Å². The molecule has 3 rings (SSSR count). The maximum Gasteiger partial charge on any atom is 0.246 e. The summed E-state index contributed by atoms with van der Waals surface area (Å²) in [5, 5.41) is 0. The van der Waals surface area contributed by atoms with E-state index in [2.05, 4.69) is 0 Å². The average Bonchev–Trinajstić information content (AvgIpc) is 2.90. The number of nitrogens with zero attached hydrogens (tertiary/aromatic N) is 2. The summed E-state index contributed by atoms with van der Waals surface area (Å²) in [4.78, 5) is 28.9. The van der Waals surface area contributed by atoms with Gasteiger partial charge in [-0.15, -0.1) is 0 Å². The molecule has 0 spiro atoms. The Bertz CT molecular complexity index is 551. The number of piperazine rings is 1. The summed E-state index contributed by atoms with van der Waals surface area (Å²) < 4.78 is 5.58. The van der Waals surface area contributed by atoms with Crippen molar-refractivity contribution in [1.29, 1.82) is 0 Å². The molecule has 0 N–H and O–H groups in total. The van der Waals surface area contributed by atoms with Crippen molar-refractivity contribution < 1.29 is 14.0 Å². The first-order valence-electron chi connectivity index (χ1n) is 7.78.